The van der Waals surface area contributed by atoms with Gasteiger partial charge in [-0.1, -0.05) is 18.0 Å². The van der Waals surface area contributed by atoms with E-state index >= 15 is 0 Å². The van der Waals surface area contributed by atoms with Crippen molar-refractivity contribution in [1.82, 2.24) is 9.62 Å². The van der Waals surface area contributed by atoms with Crippen LogP contribution in [0, 0.1) is 11.8 Å². The van der Waals surface area contributed by atoms with Crippen LogP contribution < -0.4 is 5.32 Å². The number of fused-ring (bicyclic) bond motifs is 2. The summed E-state index contributed by atoms with van der Waals surface area (Å²) in [5.41, 5.74) is 0. The van der Waals surface area contributed by atoms with Gasteiger partial charge in [0.05, 0.1) is 11.4 Å². The molecule has 2 aliphatic rings. The minimum absolute atomic E-state index is 0.136. The molecule has 7 heteroatoms. The van der Waals surface area contributed by atoms with Crippen molar-refractivity contribution in [3.8, 4) is 0 Å². The third-order valence-electron chi connectivity index (χ3n) is 4.97. The molecule has 2 saturated carbocycles. The first-order chi connectivity index (χ1) is 10.9. The van der Waals surface area contributed by atoms with E-state index in [1.165, 1.54) is 50.6 Å². The van der Waals surface area contributed by atoms with Crippen LogP contribution in [-0.4, -0.2) is 38.3 Å². The molecule has 0 aromatic heterocycles. The summed E-state index contributed by atoms with van der Waals surface area (Å²) in [6.45, 7) is -0.168. The number of hydrogen-bond donors (Lipinski definition) is 1. The minimum atomic E-state index is -3.68. The molecule has 1 N–H and O–H groups in total. The standard InChI is InChI=1S/C16H21ClN2O3S/c1-19(23(21,22)14-6-4-13(17)5-7-14)10-16(20)18-15-9-11-2-3-12(15)8-11/h4-7,11-12,15H,2-3,8-10H2,1H3,(H,18,20). The lowest BCUT2D eigenvalue weighted by molar-refractivity contribution is -0.122. The van der Waals surface area contributed by atoms with E-state index in [-0.39, 0.29) is 23.4 Å². The van der Waals surface area contributed by atoms with Gasteiger partial charge in [0.2, 0.25) is 15.9 Å². The van der Waals surface area contributed by atoms with Crippen LogP contribution >= 0.6 is 11.6 Å². The zero-order chi connectivity index (χ0) is 16.6. The van der Waals surface area contributed by atoms with Crippen LogP contribution in [0.2, 0.25) is 5.02 Å². The van der Waals surface area contributed by atoms with Gasteiger partial charge < -0.3 is 5.32 Å². The summed E-state index contributed by atoms with van der Waals surface area (Å²) in [7, 11) is -2.26. The molecule has 2 fully saturated rings. The number of amides is 1. The fourth-order valence-corrected chi connectivity index (χ4v) is 5.00. The predicted octanol–water partition coefficient (Wildman–Crippen LogP) is 2.27. The second kappa shape index (κ2) is 6.42. The Hall–Kier alpha value is -1.11. The van der Waals surface area contributed by atoms with E-state index in [0.29, 0.717) is 10.9 Å². The van der Waals surface area contributed by atoms with Gasteiger partial charge in [-0.25, -0.2) is 8.42 Å². The molecule has 2 aliphatic carbocycles. The highest BCUT2D eigenvalue weighted by molar-refractivity contribution is 7.89. The van der Waals surface area contributed by atoms with Crippen molar-refractivity contribution in [3.63, 3.8) is 0 Å². The smallest absolute Gasteiger partial charge is 0.243 e. The normalized spacial score (nSPS) is 26.7. The van der Waals surface area contributed by atoms with Crippen molar-refractivity contribution < 1.29 is 13.2 Å². The zero-order valence-electron chi connectivity index (χ0n) is 13.0. The van der Waals surface area contributed by atoms with Gasteiger partial charge in [0, 0.05) is 18.1 Å². The van der Waals surface area contributed by atoms with Crippen molar-refractivity contribution in [2.75, 3.05) is 13.6 Å². The van der Waals surface area contributed by atoms with Crippen molar-refractivity contribution in [2.24, 2.45) is 11.8 Å². The molecule has 1 aromatic carbocycles. The van der Waals surface area contributed by atoms with Crippen LogP contribution in [-0.2, 0) is 14.8 Å². The Morgan fingerprint density at radius 3 is 2.52 bits per heavy atom. The van der Waals surface area contributed by atoms with Gasteiger partial charge in [0.25, 0.3) is 0 Å². The van der Waals surface area contributed by atoms with Crippen molar-refractivity contribution in [1.29, 1.82) is 0 Å². The van der Waals surface area contributed by atoms with Gasteiger partial charge in [0.1, 0.15) is 0 Å². The van der Waals surface area contributed by atoms with E-state index in [4.69, 9.17) is 11.6 Å². The zero-order valence-corrected chi connectivity index (χ0v) is 14.6. The van der Waals surface area contributed by atoms with Crippen LogP contribution in [0.25, 0.3) is 0 Å². The average molecular weight is 357 g/mol. The molecule has 23 heavy (non-hydrogen) atoms. The number of carbonyl (C=O) groups is 1. The number of sulfonamides is 1. The van der Waals surface area contributed by atoms with Gasteiger partial charge in [-0.2, -0.15) is 4.31 Å². The summed E-state index contributed by atoms with van der Waals surface area (Å²) in [6.07, 6.45) is 4.67. The number of hydrogen-bond acceptors (Lipinski definition) is 3. The number of nitrogens with zero attached hydrogens (tertiary/aromatic N) is 1. The molecule has 1 amide bonds. The summed E-state index contributed by atoms with van der Waals surface area (Å²) in [6, 6.07) is 6.16. The lowest BCUT2D eigenvalue weighted by Crippen LogP contribution is -2.44. The molecule has 0 aliphatic heterocycles. The van der Waals surface area contributed by atoms with Crippen molar-refractivity contribution in [3.05, 3.63) is 29.3 Å². The summed E-state index contributed by atoms with van der Waals surface area (Å²) >= 11 is 5.78. The maximum absolute atomic E-state index is 12.4. The molecule has 1 aromatic rings. The minimum Gasteiger partial charge on any atom is -0.352 e. The van der Waals surface area contributed by atoms with E-state index in [1.807, 2.05) is 0 Å². The molecule has 0 spiro atoms. The molecule has 3 atom stereocenters. The summed E-state index contributed by atoms with van der Waals surface area (Å²) in [5, 5.41) is 3.48. The topological polar surface area (TPSA) is 66.5 Å². The van der Waals surface area contributed by atoms with Crippen LogP contribution in [0.5, 0.6) is 0 Å². The van der Waals surface area contributed by atoms with Gasteiger partial charge >= 0.3 is 0 Å². The maximum Gasteiger partial charge on any atom is 0.243 e. The first kappa shape index (κ1) is 16.7. The molecule has 3 unspecified atom stereocenters. The SMILES string of the molecule is CN(CC(=O)NC1CC2CCC1C2)S(=O)(=O)c1ccc(Cl)cc1. The van der Waals surface area contributed by atoms with E-state index < -0.39 is 10.0 Å². The number of carbonyl (C=O) groups excluding carboxylic acids is 1. The fourth-order valence-electron chi connectivity index (χ4n) is 3.75. The Bertz CT molecular complexity index is 690. The van der Waals surface area contributed by atoms with E-state index in [9.17, 15) is 13.2 Å². The highest BCUT2D eigenvalue weighted by Gasteiger charge is 2.40. The molecule has 2 bridgehead atoms. The van der Waals surface area contributed by atoms with Crippen LogP contribution in [0.3, 0.4) is 0 Å². The molecule has 5 nitrogen and oxygen atoms in total. The molecule has 126 valence electrons. The largest absolute Gasteiger partial charge is 0.352 e. The first-order valence-corrected chi connectivity index (χ1v) is 9.69. The highest BCUT2D eigenvalue weighted by atomic mass is 35.5. The fraction of sp³-hybridized carbons (Fsp3) is 0.562. The van der Waals surface area contributed by atoms with Gasteiger partial charge in [0.15, 0.2) is 0 Å². The molecule has 0 radical (unpaired) electrons. The Balaban J connectivity index is 1.60. The Morgan fingerprint density at radius 2 is 1.96 bits per heavy atom. The van der Waals surface area contributed by atoms with Crippen LogP contribution in [0.15, 0.2) is 29.2 Å². The lowest BCUT2D eigenvalue weighted by atomic mass is 9.95. The third kappa shape index (κ3) is 3.54. The van der Waals surface area contributed by atoms with Crippen molar-refractivity contribution in [2.45, 2.75) is 36.6 Å². The molecule has 3 rings (SSSR count). The second-order valence-corrected chi connectivity index (χ2v) is 9.05. The molecular formula is C16H21ClN2O3S. The Labute approximate surface area is 142 Å². The average Bonchev–Trinajstić information content (AvgIpc) is 3.10. The van der Waals surface area contributed by atoms with Gasteiger partial charge in [-0.15, -0.1) is 0 Å². The quantitative estimate of drug-likeness (QED) is 0.880. The number of likely N-dealkylation sites (N-methyl/N-ethyl adjacent to an activating group) is 1. The summed E-state index contributed by atoms with van der Waals surface area (Å²) in [5.74, 6) is 1.07. The number of rotatable bonds is 5. The van der Waals surface area contributed by atoms with Gasteiger partial charge in [-0.3, -0.25) is 4.79 Å². The third-order valence-corrected chi connectivity index (χ3v) is 7.04. The molecular weight excluding hydrogens is 336 g/mol. The van der Waals surface area contributed by atoms with E-state index in [2.05, 4.69) is 5.32 Å². The first-order valence-electron chi connectivity index (χ1n) is 7.87. The highest BCUT2D eigenvalue weighted by Crippen LogP contribution is 2.44. The Morgan fingerprint density at radius 1 is 1.26 bits per heavy atom. The molecule has 0 saturated heterocycles. The van der Waals surface area contributed by atoms with Crippen LogP contribution in [0.1, 0.15) is 25.7 Å². The predicted molar refractivity (Wildman–Crippen MR) is 88.6 cm³/mol. The monoisotopic (exact) mass is 356 g/mol. The Kier molecular flexibility index (Phi) is 4.67. The maximum atomic E-state index is 12.4. The van der Waals surface area contributed by atoms with Crippen molar-refractivity contribution >= 4 is 27.5 Å². The van der Waals surface area contributed by atoms with E-state index in [0.717, 1.165) is 16.6 Å². The lowest BCUT2D eigenvalue weighted by Gasteiger charge is -2.24. The number of halogens is 1. The summed E-state index contributed by atoms with van der Waals surface area (Å²) in [4.78, 5) is 12.3. The molecule has 0 heterocycles. The van der Waals surface area contributed by atoms with E-state index in [1.54, 1.807) is 0 Å². The summed E-state index contributed by atoms with van der Waals surface area (Å²) < 4.78 is 26.0. The number of nitrogens with one attached hydrogen (secondary N) is 1. The van der Waals surface area contributed by atoms with Gasteiger partial charge in [-0.05, 0) is 55.4 Å². The van der Waals surface area contributed by atoms with Crippen LogP contribution in [0.4, 0.5) is 0 Å². The number of benzene rings is 1. The second-order valence-electron chi connectivity index (χ2n) is 6.56.